The number of benzene rings is 1. The third-order valence-electron chi connectivity index (χ3n) is 4.87. The first kappa shape index (κ1) is 14.6. The van der Waals surface area contributed by atoms with E-state index in [2.05, 4.69) is 34.5 Å². The van der Waals surface area contributed by atoms with Crippen LogP contribution in [0.4, 0.5) is 0 Å². The second-order valence-corrected chi connectivity index (χ2v) is 6.42. The Bertz CT molecular complexity index is 492. The summed E-state index contributed by atoms with van der Waals surface area (Å²) in [6.45, 7) is 3.90. The van der Waals surface area contributed by atoms with Crippen molar-refractivity contribution in [2.24, 2.45) is 0 Å². The Morgan fingerprint density at radius 2 is 1.90 bits per heavy atom. The molecule has 0 radical (unpaired) electrons. The number of fused-ring (bicyclic) bond motifs is 1. The summed E-state index contributed by atoms with van der Waals surface area (Å²) in [5, 5.41) is 3.56. The first-order chi connectivity index (χ1) is 10.3. The van der Waals surface area contributed by atoms with Gasteiger partial charge in [0.2, 0.25) is 5.91 Å². The lowest BCUT2D eigenvalue weighted by molar-refractivity contribution is -0.133. The van der Waals surface area contributed by atoms with E-state index in [0.717, 1.165) is 38.8 Å². The molecule has 1 aromatic rings. The molecule has 2 aliphatic rings. The zero-order valence-electron chi connectivity index (χ0n) is 13.0. The van der Waals surface area contributed by atoms with Crippen molar-refractivity contribution in [1.82, 2.24) is 10.2 Å². The fourth-order valence-electron chi connectivity index (χ4n) is 3.67. The quantitative estimate of drug-likeness (QED) is 0.926. The molecule has 21 heavy (non-hydrogen) atoms. The van der Waals surface area contributed by atoms with Gasteiger partial charge in [-0.3, -0.25) is 10.1 Å². The number of carbonyl (C=O) groups is 1. The number of likely N-dealkylation sites (tertiary alicyclic amines) is 1. The van der Waals surface area contributed by atoms with Crippen molar-refractivity contribution in [2.75, 3.05) is 13.1 Å². The molecule has 1 aliphatic carbocycles. The molecular formula is C18H26N2O. The van der Waals surface area contributed by atoms with Crippen LogP contribution in [0, 0.1) is 0 Å². The summed E-state index contributed by atoms with van der Waals surface area (Å²) in [6, 6.07) is 8.86. The molecule has 2 unspecified atom stereocenters. The summed E-state index contributed by atoms with van der Waals surface area (Å²) >= 11 is 0. The number of carbonyl (C=O) groups excluding carboxylic acids is 1. The molecule has 1 N–H and O–H groups in total. The average molecular weight is 286 g/mol. The fourth-order valence-corrected chi connectivity index (χ4v) is 3.67. The van der Waals surface area contributed by atoms with Gasteiger partial charge in [0.15, 0.2) is 0 Å². The molecule has 1 aromatic carbocycles. The van der Waals surface area contributed by atoms with E-state index in [4.69, 9.17) is 0 Å². The highest BCUT2D eigenvalue weighted by molar-refractivity contribution is 5.81. The molecule has 1 heterocycles. The number of amides is 1. The van der Waals surface area contributed by atoms with Crippen LogP contribution < -0.4 is 5.32 Å². The molecule has 0 saturated carbocycles. The second kappa shape index (κ2) is 6.61. The largest absolute Gasteiger partial charge is 0.341 e. The first-order valence-electron chi connectivity index (χ1n) is 8.38. The number of nitrogens with zero attached hydrogens (tertiary/aromatic N) is 1. The molecule has 1 amide bonds. The molecule has 2 atom stereocenters. The van der Waals surface area contributed by atoms with Crippen LogP contribution in [0.2, 0.25) is 0 Å². The standard InChI is InChI=1S/C18H26N2O/c1-14(18(21)20-12-6-2-3-7-13-20)19-17-11-10-15-8-4-5-9-16(15)17/h4-5,8-9,14,17,19H,2-3,6-7,10-13H2,1H3. The van der Waals surface area contributed by atoms with Gasteiger partial charge in [-0.25, -0.2) is 0 Å². The monoisotopic (exact) mass is 286 g/mol. The van der Waals surface area contributed by atoms with Gasteiger partial charge in [0.25, 0.3) is 0 Å². The van der Waals surface area contributed by atoms with Crippen LogP contribution in [-0.4, -0.2) is 29.9 Å². The van der Waals surface area contributed by atoms with Gasteiger partial charge < -0.3 is 4.90 Å². The van der Waals surface area contributed by atoms with Crippen molar-refractivity contribution in [2.45, 2.75) is 57.5 Å². The third-order valence-corrected chi connectivity index (χ3v) is 4.87. The average Bonchev–Trinajstić information content (AvgIpc) is 2.74. The maximum Gasteiger partial charge on any atom is 0.239 e. The van der Waals surface area contributed by atoms with E-state index < -0.39 is 0 Å². The van der Waals surface area contributed by atoms with Crippen molar-refractivity contribution in [1.29, 1.82) is 0 Å². The summed E-state index contributed by atoms with van der Waals surface area (Å²) < 4.78 is 0. The van der Waals surface area contributed by atoms with Crippen molar-refractivity contribution < 1.29 is 4.79 Å². The molecule has 0 spiro atoms. The summed E-state index contributed by atoms with van der Waals surface area (Å²) in [5.74, 6) is 0.279. The summed E-state index contributed by atoms with van der Waals surface area (Å²) in [5.41, 5.74) is 2.82. The molecular weight excluding hydrogens is 260 g/mol. The molecule has 1 fully saturated rings. The van der Waals surface area contributed by atoms with Gasteiger partial charge in [-0.2, -0.15) is 0 Å². The Hall–Kier alpha value is -1.35. The van der Waals surface area contributed by atoms with Crippen LogP contribution in [-0.2, 0) is 11.2 Å². The Balaban J connectivity index is 1.61. The molecule has 0 bridgehead atoms. The zero-order valence-corrected chi connectivity index (χ0v) is 13.0. The van der Waals surface area contributed by atoms with Crippen molar-refractivity contribution in [3.63, 3.8) is 0 Å². The van der Waals surface area contributed by atoms with Crippen LogP contribution in [0.3, 0.4) is 0 Å². The van der Waals surface area contributed by atoms with Gasteiger partial charge in [0.05, 0.1) is 6.04 Å². The van der Waals surface area contributed by atoms with Gasteiger partial charge in [-0.05, 0) is 43.7 Å². The van der Waals surface area contributed by atoms with Gasteiger partial charge in [-0.1, -0.05) is 37.1 Å². The lowest BCUT2D eigenvalue weighted by Gasteiger charge is -2.27. The van der Waals surface area contributed by atoms with Gasteiger partial charge in [0, 0.05) is 19.1 Å². The van der Waals surface area contributed by atoms with E-state index in [1.54, 1.807) is 0 Å². The number of rotatable bonds is 3. The second-order valence-electron chi connectivity index (χ2n) is 6.42. The van der Waals surface area contributed by atoms with Crippen molar-refractivity contribution in [3.05, 3.63) is 35.4 Å². The number of aryl methyl sites for hydroxylation is 1. The molecule has 0 aromatic heterocycles. The Morgan fingerprint density at radius 1 is 1.19 bits per heavy atom. The van der Waals surface area contributed by atoms with Crippen LogP contribution in [0.1, 0.15) is 56.2 Å². The Morgan fingerprint density at radius 3 is 2.67 bits per heavy atom. The normalized spacial score (nSPS) is 23.5. The Kier molecular flexibility index (Phi) is 4.59. The minimum Gasteiger partial charge on any atom is -0.341 e. The van der Waals surface area contributed by atoms with Gasteiger partial charge in [0.1, 0.15) is 0 Å². The molecule has 114 valence electrons. The lowest BCUT2D eigenvalue weighted by Crippen LogP contribution is -2.46. The minimum absolute atomic E-state index is 0.0840. The molecule has 1 saturated heterocycles. The number of hydrogen-bond acceptors (Lipinski definition) is 2. The molecule has 3 nitrogen and oxygen atoms in total. The van der Waals surface area contributed by atoms with E-state index in [9.17, 15) is 4.79 Å². The van der Waals surface area contributed by atoms with E-state index >= 15 is 0 Å². The SMILES string of the molecule is CC(NC1CCc2ccccc21)C(=O)N1CCCCCC1. The van der Waals surface area contributed by atoms with Crippen molar-refractivity contribution >= 4 is 5.91 Å². The highest BCUT2D eigenvalue weighted by atomic mass is 16.2. The topological polar surface area (TPSA) is 32.3 Å². The van der Waals surface area contributed by atoms with E-state index in [1.807, 2.05) is 6.92 Å². The predicted molar refractivity (Wildman–Crippen MR) is 85.1 cm³/mol. The predicted octanol–water partition coefficient (Wildman–Crippen LogP) is 3.05. The minimum atomic E-state index is -0.0840. The fraction of sp³-hybridized carbons (Fsp3) is 0.611. The highest BCUT2D eigenvalue weighted by Crippen LogP contribution is 2.31. The van der Waals surface area contributed by atoms with Crippen LogP contribution in [0.25, 0.3) is 0 Å². The summed E-state index contributed by atoms with van der Waals surface area (Å²) in [6.07, 6.45) is 7.08. The maximum atomic E-state index is 12.6. The summed E-state index contributed by atoms with van der Waals surface area (Å²) in [7, 11) is 0. The third kappa shape index (κ3) is 3.29. The number of nitrogens with one attached hydrogen (secondary N) is 1. The summed E-state index contributed by atoms with van der Waals surface area (Å²) in [4.78, 5) is 14.7. The molecule has 3 rings (SSSR count). The number of hydrogen-bond donors (Lipinski definition) is 1. The maximum absolute atomic E-state index is 12.6. The molecule has 1 aliphatic heterocycles. The van der Waals surface area contributed by atoms with Crippen molar-refractivity contribution in [3.8, 4) is 0 Å². The van der Waals surface area contributed by atoms with E-state index in [1.165, 1.54) is 24.0 Å². The Labute approximate surface area is 127 Å². The lowest BCUT2D eigenvalue weighted by atomic mass is 10.1. The highest BCUT2D eigenvalue weighted by Gasteiger charge is 2.27. The smallest absolute Gasteiger partial charge is 0.239 e. The molecule has 3 heteroatoms. The van der Waals surface area contributed by atoms with Crippen LogP contribution in [0.15, 0.2) is 24.3 Å². The van der Waals surface area contributed by atoms with Crippen LogP contribution in [0.5, 0.6) is 0 Å². The van der Waals surface area contributed by atoms with E-state index in [-0.39, 0.29) is 11.9 Å². The zero-order chi connectivity index (χ0) is 14.7. The van der Waals surface area contributed by atoms with Gasteiger partial charge in [-0.15, -0.1) is 0 Å². The van der Waals surface area contributed by atoms with Crippen LogP contribution >= 0.6 is 0 Å². The first-order valence-corrected chi connectivity index (χ1v) is 8.38. The van der Waals surface area contributed by atoms with Gasteiger partial charge >= 0.3 is 0 Å². The van der Waals surface area contributed by atoms with E-state index in [0.29, 0.717) is 6.04 Å².